The predicted molar refractivity (Wildman–Crippen MR) is 50.9 cm³/mol. The molecule has 0 spiro atoms. The molecule has 16 heavy (non-hydrogen) atoms. The average Bonchev–Trinajstić information content (AvgIpc) is 2.64. The summed E-state index contributed by atoms with van der Waals surface area (Å²) in [5.41, 5.74) is -2.47. The van der Waals surface area contributed by atoms with Crippen molar-refractivity contribution in [3.8, 4) is 0 Å². The van der Waals surface area contributed by atoms with E-state index in [9.17, 15) is 23.3 Å². The zero-order valence-electron chi connectivity index (χ0n) is 9.08. The van der Waals surface area contributed by atoms with Gasteiger partial charge in [0.1, 0.15) is 6.20 Å². The fourth-order valence-corrected chi connectivity index (χ4v) is 0.908. The molecule has 0 aliphatic heterocycles. The van der Waals surface area contributed by atoms with Gasteiger partial charge in [0.05, 0.1) is 4.92 Å². The van der Waals surface area contributed by atoms with Crippen LogP contribution in [0, 0.1) is 10.1 Å². The van der Waals surface area contributed by atoms with Gasteiger partial charge in [-0.3, -0.25) is 14.8 Å². The third kappa shape index (κ3) is 3.21. The van der Waals surface area contributed by atoms with Crippen molar-refractivity contribution in [2.75, 3.05) is 0 Å². The van der Waals surface area contributed by atoms with E-state index in [1.807, 2.05) is 13.8 Å². The van der Waals surface area contributed by atoms with Gasteiger partial charge in [0, 0.05) is 6.54 Å². The van der Waals surface area contributed by atoms with Crippen LogP contribution in [0.5, 0.6) is 0 Å². The van der Waals surface area contributed by atoms with Gasteiger partial charge in [0.25, 0.3) is 0 Å². The largest absolute Gasteiger partial charge is 0.442 e. The van der Waals surface area contributed by atoms with Gasteiger partial charge >= 0.3 is 11.9 Å². The molecule has 0 saturated carbocycles. The second kappa shape index (κ2) is 5.47. The van der Waals surface area contributed by atoms with Crippen LogP contribution in [0.4, 0.5) is 18.9 Å². The summed E-state index contributed by atoms with van der Waals surface area (Å²) in [6.07, 6.45) is -4.02. The number of rotatable bonds is 2. The summed E-state index contributed by atoms with van der Waals surface area (Å²) in [4.78, 5) is 9.15. The smallest absolute Gasteiger partial charge is 0.265 e. The molecule has 1 rings (SSSR count). The molecule has 0 amide bonds. The molecule has 0 fully saturated rings. The van der Waals surface area contributed by atoms with Gasteiger partial charge in [0.15, 0.2) is 0 Å². The van der Waals surface area contributed by atoms with Gasteiger partial charge in [-0.25, -0.2) is 0 Å². The molecule has 0 unspecified atom stereocenters. The number of aryl methyl sites for hydroxylation is 1. The van der Waals surface area contributed by atoms with Gasteiger partial charge in [0.2, 0.25) is 5.69 Å². The second-order valence-corrected chi connectivity index (χ2v) is 2.47. The van der Waals surface area contributed by atoms with Crippen molar-refractivity contribution in [1.82, 2.24) is 9.78 Å². The van der Waals surface area contributed by atoms with Crippen LogP contribution in [0.25, 0.3) is 0 Å². The molecule has 0 aromatic carbocycles. The first kappa shape index (κ1) is 14.4. The highest BCUT2D eigenvalue weighted by atomic mass is 19.4. The molecule has 1 aromatic rings. The van der Waals surface area contributed by atoms with Crippen LogP contribution in [-0.2, 0) is 12.7 Å². The van der Waals surface area contributed by atoms with Crippen LogP contribution in [-0.4, -0.2) is 14.7 Å². The summed E-state index contributed by atoms with van der Waals surface area (Å²) in [6.45, 7) is 5.69. The molecule has 5 nitrogen and oxygen atoms in total. The van der Waals surface area contributed by atoms with Crippen LogP contribution in [0.3, 0.4) is 0 Å². The molecule has 0 radical (unpaired) electrons. The van der Waals surface area contributed by atoms with E-state index in [0.717, 1.165) is 10.9 Å². The highest BCUT2D eigenvalue weighted by Crippen LogP contribution is 2.34. The summed E-state index contributed by atoms with van der Waals surface area (Å²) in [6, 6.07) is 0. The first-order chi connectivity index (χ1) is 7.36. The summed E-state index contributed by atoms with van der Waals surface area (Å²) in [7, 11) is 0. The van der Waals surface area contributed by atoms with E-state index in [0.29, 0.717) is 0 Å². The standard InChI is InChI=1S/C6H6F3N3O2.C2H6/c1-2-11-3-4(12(13)14)5(10-11)6(7,8)9;1-2/h3H,2H2,1H3;1-2H3. The molecule has 0 saturated heterocycles. The summed E-state index contributed by atoms with van der Waals surface area (Å²) < 4.78 is 37.4. The fourth-order valence-electron chi connectivity index (χ4n) is 0.908. The Kier molecular flexibility index (Phi) is 4.93. The van der Waals surface area contributed by atoms with Crippen LogP contribution < -0.4 is 0 Å². The average molecular weight is 239 g/mol. The quantitative estimate of drug-likeness (QED) is 0.588. The molecule has 92 valence electrons. The Morgan fingerprint density at radius 1 is 1.50 bits per heavy atom. The van der Waals surface area contributed by atoms with Crippen molar-refractivity contribution < 1.29 is 18.1 Å². The Bertz CT molecular complexity index is 360. The van der Waals surface area contributed by atoms with Gasteiger partial charge in [-0.1, -0.05) is 13.8 Å². The lowest BCUT2D eigenvalue weighted by molar-refractivity contribution is -0.388. The van der Waals surface area contributed by atoms with Crippen LogP contribution in [0.1, 0.15) is 26.5 Å². The van der Waals surface area contributed by atoms with Crippen molar-refractivity contribution in [1.29, 1.82) is 0 Å². The first-order valence-electron chi connectivity index (χ1n) is 4.65. The number of nitro groups is 1. The fraction of sp³-hybridized carbons (Fsp3) is 0.625. The lowest BCUT2D eigenvalue weighted by Crippen LogP contribution is -2.09. The highest BCUT2D eigenvalue weighted by molar-refractivity contribution is 5.34. The Hall–Kier alpha value is -1.60. The van der Waals surface area contributed by atoms with Gasteiger partial charge in [-0.05, 0) is 6.92 Å². The monoisotopic (exact) mass is 239 g/mol. The SMILES string of the molecule is CC.CCn1cc([N+](=O)[O-])c(C(F)(F)F)n1. The van der Waals surface area contributed by atoms with E-state index in [2.05, 4.69) is 5.10 Å². The van der Waals surface area contributed by atoms with E-state index in [1.54, 1.807) is 0 Å². The Morgan fingerprint density at radius 2 is 2.00 bits per heavy atom. The Morgan fingerprint density at radius 3 is 2.25 bits per heavy atom. The maximum Gasteiger partial charge on any atom is 0.442 e. The summed E-state index contributed by atoms with van der Waals surface area (Å²) >= 11 is 0. The van der Waals surface area contributed by atoms with E-state index in [4.69, 9.17) is 0 Å². The van der Waals surface area contributed by atoms with Crippen LogP contribution in [0.2, 0.25) is 0 Å². The van der Waals surface area contributed by atoms with Crippen LogP contribution >= 0.6 is 0 Å². The van der Waals surface area contributed by atoms with Crippen molar-refractivity contribution in [2.24, 2.45) is 0 Å². The predicted octanol–water partition coefficient (Wildman–Crippen LogP) is 2.86. The van der Waals surface area contributed by atoms with Crippen LogP contribution in [0.15, 0.2) is 6.20 Å². The van der Waals surface area contributed by atoms with Gasteiger partial charge in [-0.15, -0.1) is 0 Å². The molecular formula is C8H12F3N3O2. The van der Waals surface area contributed by atoms with Gasteiger partial charge in [-0.2, -0.15) is 18.3 Å². The second-order valence-electron chi connectivity index (χ2n) is 2.47. The van der Waals surface area contributed by atoms with E-state index < -0.39 is 22.5 Å². The molecule has 0 aliphatic rings. The third-order valence-electron chi connectivity index (χ3n) is 1.53. The van der Waals surface area contributed by atoms with Crippen molar-refractivity contribution in [3.63, 3.8) is 0 Å². The van der Waals surface area contributed by atoms with Gasteiger partial charge < -0.3 is 0 Å². The number of aromatic nitrogens is 2. The molecule has 8 heteroatoms. The van der Waals surface area contributed by atoms with Crippen molar-refractivity contribution in [3.05, 3.63) is 22.0 Å². The zero-order chi connectivity index (χ0) is 12.9. The normalized spacial score (nSPS) is 10.6. The number of alkyl halides is 3. The van der Waals surface area contributed by atoms with E-state index in [-0.39, 0.29) is 6.54 Å². The summed E-state index contributed by atoms with van der Waals surface area (Å²) in [5, 5.41) is 13.3. The highest BCUT2D eigenvalue weighted by Gasteiger charge is 2.42. The van der Waals surface area contributed by atoms with Crippen molar-refractivity contribution in [2.45, 2.75) is 33.5 Å². The Balaban J connectivity index is 0.00000106. The minimum absolute atomic E-state index is 0.150. The molecule has 0 bridgehead atoms. The minimum Gasteiger partial charge on any atom is -0.265 e. The summed E-state index contributed by atoms with van der Waals surface area (Å²) in [5.74, 6) is 0. The van der Waals surface area contributed by atoms with Crippen molar-refractivity contribution >= 4 is 5.69 Å². The molecule has 0 atom stereocenters. The lowest BCUT2D eigenvalue weighted by Gasteiger charge is -2.00. The zero-order valence-corrected chi connectivity index (χ0v) is 9.08. The number of halogens is 3. The maximum absolute atomic E-state index is 12.2. The molecule has 0 N–H and O–H groups in total. The molecule has 1 heterocycles. The number of hydrogen-bond acceptors (Lipinski definition) is 3. The lowest BCUT2D eigenvalue weighted by atomic mass is 10.4. The topological polar surface area (TPSA) is 61.0 Å². The minimum atomic E-state index is -4.79. The first-order valence-corrected chi connectivity index (χ1v) is 4.65. The van der Waals surface area contributed by atoms with E-state index in [1.165, 1.54) is 6.92 Å². The van der Waals surface area contributed by atoms with E-state index >= 15 is 0 Å². The molecular weight excluding hydrogens is 227 g/mol. The third-order valence-corrected chi connectivity index (χ3v) is 1.53. The number of nitrogens with zero attached hydrogens (tertiary/aromatic N) is 3. The number of hydrogen-bond donors (Lipinski definition) is 0. The maximum atomic E-state index is 12.2. The molecule has 0 aliphatic carbocycles. The molecule has 1 aromatic heterocycles. The Labute approximate surface area is 90.0 Å².